The van der Waals surface area contributed by atoms with Crippen molar-refractivity contribution < 1.29 is 24.0 Å². The van der Waals surface area contributed by atoms with Crippen LogP contribution in [0, 0.1) is 29.1 Å². The van der Waals surface area contributed by atoms with Crippen molar-refractivity contribution in [3.05, 3.63) is 71.8 Å². The SMILES string of the molecule is CC(C)C[C@H](NC(=O)[C@H](CCc1ccccc1)CC(=O)CCCCCCCN1CCN(C)CC1)C(=O)C[C@@H](Cc1ccccc1)C(=O)N[C@@H](CC(C)C)C(=O)C1(C)CC1. The van der Waals surface area contributed by atoms with Gasteiger partial charge in [0.15, 0.2) is 11.6 Å². The van der Waals surface area contributed by atoms with Gasteiger partial charge >= 0.3 is 0 Å². The van der Waals surface area contributed by atoms with E-state index in [0.29, 0.717) is 38.5 Å². The largest absolute Gasteiger partial charge is 0.346 e. The molecule has 2 aromatic rings. The minimum atomic E-state index is -0.799. The molecule has 1 aliphatic carbocycles. The fraction of sp³-hybridized carbons (Fsp3) is 0.660. The number of amides is 2. The lowest BCUT2D eigenvalue weighted by Gasteiger charge is -2.32. The van der Waals surface area contributed by atoms with Crippen molar-refractivity contribution in [3.63, 3.8) is 0 Å². The van der Waals surface area contributed by atoms with Crippen molar-refractivity contribution >= 4 is 29.2 Å². The highest BCUT2D eigenvalue weighted by atomic mass is 16.2. The summed E-state index contributed by atoms with van der Waals surface area (Å²) >= 11 is 0. The molecule has 2 fully saturated rings. The second kappa shape index (κ2) is 24.5. The minimum absolute atomic E-state index is 0.0682. The molecule has 2 N–H and O–H groups in total. The highest BCUT2D eigenvalue weighted by molar-refractivity contribution is 5.97. The first kappa shape index (κ1) is 48.0. The third-order valence-corrected chi connectivity index (χ3v) is 12.5. The Kier molecular flexibility index (Phi) is 20.0. The van der Waals surface area contributed by atoms with E-state index in [2.05, 4.69) is 27.5 Å². The van der Waals surface area contributed by atoms with Crippen LogP contribution in [-0.2, 0) is 36.8 Å². The van der Waals surface area contributed by atoms with E-state index in [1.165, 1.54) is 6.42 Å². The number of hydrogen-bond donors (Lipinski definition) is 2. The van der Waals surface area contributed by atoms with Crippen molar-refractivity contribution in [1.29, 1.82) is 0 Å². The van der Waals surface area contributed by atoms with E-state index in [1.54, 1.807) is 0 Å². The predicted octanol–water partition coefficient (Wildman–Crippen LogP) is 8.03. The second-order valence-electron chi connectivity index (χ2n) is 19.0. The molecule has 2 amide bonds. The van der Waals surface area contributed by atoms with E-state index >= 15 is 0 Å². The fourth-order valence-electron chi connectivity index (χ4n) is 8.37. The molecular formula is C50H76N4O5. The van der Waals surface area contributed by atoms with Crippen molar-refractivity contribution in [3.8, 4) is 0 Å². The Morgan fingerprint density at radius 1 is 0.661 bits per heavy atom. The lowest BCUT2D eigenvalue weighted by Crippen LogP contribution is -2.49. The number of aryl methyl sites for hydroxylation is 1. The first-order valence-corrected chi connectivity index (χ1v) is 22.9. The second-order valence-corrected chi connectivity index (χ2v) is 19.0. The Morgan fingerprint density at radius 2 is 1.20 bits per heavy atom. The van der Waals surface area contributed by atoms with E-state index in [-0.39, 0.29) is 53.8 Å². The number of rotatable bonds is 28. The van der Waals surface area contributed by atoms with Gasteiger partial charge in [-0.3, -0.25) is 24.0 Å². The molecule has 1 saturated heterocycles. The van der Waals surface area contributed by atoms with E-state index in [9.17, 15) is 24.0 Å². The van der Waals surface area contributed by atoms with Gasteiger partial charge in [-0.1, -0.05) is 115 Å². The number of hydrogen-bond acceptors (Lipinski definition) is 7. The Bertz CT molecular complexity index is 1600. The zero-order valence-corrected chi connectivity index (χ0v) is 37.3. The Hall–Kier alpha value is -3.69. The molecule has 2 aliphatic rings. The highest BCUT2D eigenvalue weighted by Gasteiger charge is 2.48. The maximum atomic E-state index is 14.3. The molecule has 4 atom stereocenters. The molecule has 0 aromatic heterocycles. The number of ketones is 3. The summed E-state index contributed by atoms with van der Waals surface area (Å²) in [6.07, 6.45) is 9.92. The Labute approximate surface area is 356 Å². The third kappa shape index (κ3) is 17.4. The van der Waals surface area contributed by atoms with Crippen LogP contribution in [0.2, 0.25) is 0 Å². The van der Waals surface area contributed by atoms with Crippen LogP contribution in [0.5, 0.6) is 0 Å². The molecule has 326 valence electrons. The monoisotopic (exact) mass is 813 g/mol. The number of Topliss-reactive ketones (excluding diaryl/α,β-unsaturated/α-hetero) is 3. The van der Waals surface area contributed by atoms with Gasteiger partial charge < -0.3 is 20.4 Å². The number of nitrogens with zero attached hydrogens (tertiary/aromatic N) is 2. The average molecular weight is 813 g/mol. The van der Waals surface area contributed by atoms with Crippen molar-refractivity contribution in [2.45, 2.75) is 143 Å². The maximum absolute atomic E-state index is 14.3. The van der Waals surface area contributed by atoms with Gasteiger partial charge in [0.05, 0.1) is 12.1 Å². The number of carbonyl (C=O) groups excluding carboxylic acids is 5. The zero-order chi connectivity index (χ0) is 42.8. The van der Waals surface area contributed by atoms with E-state index < -0.39 is 29.3 Å². The fourth-order valence-corrected chi connectivity index (χ4v) is 8.37. The summed E-state index contributed by atoms with van der Waals surface area (Å²) in [5.41, 5.74) is 1.63. The topological polar surface area (TPSA) is 116 Å². The average Bonchev–Trinajstić information content (AvgIpc) is 3.97. The summed E-state index contributed by atoms with van der Waals surface area (Å²) < 4.78 is 0. The van der Waals surface area contributed by atoms with Crippen molar-refractivity contribution in [2.75, 3.05) is 39.8 Å². The van der Waals surface area contributed by atoms with Crippen molar-refractivity contribution in [2.24, 2.45) is 29.1 Å². The molecule has 0 radical (unpaired) electrons. The zero-order valence-electron chi connectivity index (χ0n) is 37.3. The van der Waals surface area contributed by atoms with Gasteiger partial charge in [0.25, 0.3) is 0 Å². The van der Waals surface area contributed by atoms with Crippen LogP contribution in [0.15, 0.2) is 60.7 Å². The summed E-state index contributed by atoms with van der Waals surface area (Å²) in [5.74, 6) is -1.60. The van der Waals surface area contributed by atoms with Crippen LogP contribution >= 0.6 is 0 Å². The number of piperazine rings is 1. The van der Waals surface area contributed by atoms with Gasteiger partial charge in [0, 0.05) is 62.7 Å². The van der Waals surface area contributed by atoms with Crippen LogP contribution in [0.25, 0.3) is 0 Å². The first-order valence-electron chi connectivity index (χ1n) is 22.9. The molecular weight excluding hydrogens is 737 g/mol. The summed E-state index contributed by atoms with van der Waals surface area (Å²) in [4.78, 5) is 74.6. The number of nitrogens with one attached hydrogen (secondary N) is 2. The lowest BCUT2D eigenvalue weighted by molar-refractivity contribution is -0.135. The molecule has 9 heteroatoms. The van der Waals surface area contributed by atoms with E-state index in [4.69, 9.17) is 0 Å². The van der Waals surface area contributed by atoms with Gasteiger partial charge in [-0.15, -0.1) is 0 Å². The number of carbonyl (C=O) groups is 5. The quantitative estimate of drug-likeness (QED) is 0.0837. The van der Waals surface area contributed by atoms with Gasteiger partial charge in [-0.2, -0.15) is 0 Å². The highest BCUT2D eigenvalue weighted by Crippen LogP contribution is 2.47. The molecule has 0 spiro atoms. The van der Waals surface area contributed by atoms with Crippen molar-refractivity contribution in [1.82, 2.24) is 20.4 Å². The van der Waals surface area contributed by atoms with Crippen LogP contribution in [-0.4, -0.2) is 90.8 Å². The molecule has 59 heavy (non-hydrogen) atoms. The van der Waals surface area contributed by atoms with Crippen LogP contribution in [0.4, 0.5) is 0 Å². The van der Waals surface area contributed by atoms with Gasteiger partial charge in [0.1, 0.15) is 5.78 Å². The number of benzene rings is 2. The van der Waals surface area contributed by atoms with E-state index in [0.717, 1.165) is 82.4 Å². The lowest BCUT2D eigenvalue weighted by atomic mass is 9.87. The summed E-state index contributed by atoms with van der Waals surface area (Å²) in [7, 11) is 2.18. The molecule has 0 bridgehead atoms. The molecule has 0 unspecified atom stereocenters. The number of unbranched alkanes of at least 4 members (excludes halogenated alkanes) is 4. The Balaban J connectivity index is 1.40. The third-order valence-electron chi connectivity index (χ3n) is 12.5. The molecule has 1 heterocycles. The van der Waals surface area contributed by atoms with Crippen LogP contribution < -0.4 is 10.6 Å². The van der Waals surface area contributed by atoms with Gasteiger partial charge in [-0.25, -0.2) is 0 Å². The van der Waals surface area contributed by atoms with Gasteiger partial charge in [0.2, 0.25) is 11.8 Å². The van der Waals surface area contributed by atoms with Crippen LogP contribution in [0.3, 0.4) is 0 Å². The predicted molar refractivity (Wildman–Crippen MR) is 238 cm³/mol. The number of likely N-dealkylation sites (N-methyl/N-ethyl adjacent to an activating group) is 1. The summed E-state index contributed by atoms with van der Waals surface area (Å²) in [6, 6.07) is 18.2. The molecule has 2 aromatic carbocycles. The van der Waals surface area contributed by atoms with Gasteiger partial charge in [-0.05, 0) is 94.3 Å². The minimum Gasteiger partial charge on any atom is -0.346 e. The summed E-state index contributed by atoms with van der Waals surface area (Å²) in [6.45, 7) is 15.8. The molecule has 9 nitrogen and oxygen atoms in total. The first-order chi connectivity index (χ1) is 28.2. The maximum Gasteiger partial charge on any atom is 0.224 e. The van der Waals surface area contributed by atoms with E-state index in [1.807, 2.05) is 95.3 Å². The molecule has 4 rings (SSSR count). The smallest absolute Gasteiger partial charge is 0.224 e. The normalized spacial score (nSPS) is 17.6. The molecule has 1 aliphatic heterocycles. The van der Waals surface area contributed by atoms with Crippen LogP contribution in [0.1, 0.15) is 129 Å². The Morgan fingerprint density at radius 3 is 1.81 bits per heavy atom. The summed E-state index contributed by atoms with van der Waals surface area (Å²) in [5, 5.41) is 6.19. The standard InChI is InChI=1S/C50H76N4O5/c1-37(2)32-44(46(56)36-42(34-40-20-14-11-15-21-40)49(59)52-45(33-38(3)4)47(57)50(5)25-26-50)51-48(58)41(24-23-39-18-12-10-13-19-39)35-43(55)22-16-8-7-9-17-27-54-30-28-53(6)29-31-54/h10-15,18-21,37-38,41-42,44-45H,7-9,16-17,22-36H2,1-6H3,(H,51,58)(H,52,59)/t41-,42-,44+,45+/m1/s1. The molecule has 1 saturated carbocycles.